The molecule has 0 saturated carbocycles. The van der Waals surface area contributed by atoms with E-state index in [1.54, 1.807) is 41.2 Å². The minimum absolute atomic E-state index is 0.379. The standard InChI is InChI=1S/C23H26N4O5S/c1-23(2)21(29)26(22(30)25(23)3)13-20(28)27-16(12-15(24-27)19-7-6-10-33-19)14-8-9-17(31-4)18(11-14)32-5/h6-11,16H,12-13H2,1-5H3/t16-/m0/s1. The van der Waals surface area contributed by atoms with Crippen molar-refractivity contribution in [3.63, 3.8) is 0 Å². The molecule has 0 bridgehead atoms. The number of likely N-dealkylation sites (N-methyl/N-ethyl adjacent to an activating group) is 1. The monoisotopic (exact) mass is 470 g/mol. The average Bonchev–Trinajstić information content (AvgIpc) is 3.52. The molecule has 0 N–H and O–H groups in total. The van der Waals surface area contributed by atoms with Gasteiger partial charge in [0.15, 0.2) is 11.5 Å². The Morgan fingerprint density at radius 1 is 1.18 bits per heavy atom. The molecule has 174 valence electrons. The van der Waals surface area contributed by atoms with Crippen LogP contribution in [-0.2, 0) is 9.59 Å². The Kier molecular flexibility index (Phi) is 5.87. The molecule has 9 nitrogen and oxygen atoms in total. The Labute approximate surface area is 196 Å². The third-order valence-electron chi connectivity index (χ3n) is 6.18. The molecule has 10 heteroatoms. The maximum absolute atomic E-state index is 13.4. The second-order valence-electron chi connectivity index (χ2n) is 8.39. The van der Waals surface area contributed by atoms with Gasteiger partial charge in [-0.3, -0.25) is 14.5 Å². The van der Waals surface area contributed by atoms with Crippen molar-refractivity contribution in [1.82, 2.24) is 14.8 Å². The second kappa shape index (κ2) is 8.51. The summed E-state index contributed by atoms with van der Waals surface area (Å²) in [5, 5.41) is 7.94. The van der Waals surface area contributed by atoms with Crippen LogP contribution in [0.5, 0.6) is 11.5 Å². The van der Waals surface area contributed by atoms with Gasteiger partial charge in [-0.2, -0.15) is 5.10 Å². The summed E-state index contributed by atoms with van der Waals surface area (Å²) in [5.41, 5.74) is 0.582. The molecule has 2 aromatic rings. The van der Waals surface area contributed by atoms with E-state index in [0.29, 0.717) is 17.9 Å². The zero-order valence-corrected chi connectivity index (χ0v) is 20.0. The van der Waals surface area contributed by atoms with Crippen molar-refractivity contribution in [3.05, 3.63) is 46.2 Å². The van der Waals surface area contributed by atoms with Gasteiger partial charge in [0, 0.05) is 13.5 Å². The minimum Gasteiger partial charge on any atom is -0.493 e. The fourth-order valence-corrected chi connectivity index (χ4v) is 4.70. The van der Waals surface area contributed by atoms with E-state index in [-0.39, 0.29) is 6.54 Å². The van der Waals surface area contributed by atoms with E-state index in [2.05, 4.69) is 5.10 Å². The Bertz CT molecular complexity index is 1130. The number of amides is 4. The van der Waals surface area contributed by atoms with Crippen molar-refractivity contribution in [2.45, 2.75) is 31.8 Å². The molecular formula is C23H26N4O5S. The SMILES string of the molecule is COc1ccc([C@@H]2CC(c3cccs3)=NN2C(=O)CN2C(=O)N(C)C(C)(C)C2=O)cc1OC. The van der Waals surface area contributed by atoms with E-state index < -0.39 is 29.4 Å². The number of hydrogen-bond donors (Lipinski definition) is 0. The van der Waals surface area contributed by atoms with Crippen LogP contribution in [0.25, 0.3) is 0 Å². The lowest BCUT2D eigenvalue weighted by Gasteiger charge is -2.24. The predicted molar refractivity (Wildman–Crippen MR) is 124 cm³/mol. The number of urea groups is 1. The normalized spacial score (nSPS) is 19.8. The highest BCUT2D eigenvalue weighted by Crippen LogP contribution is 2.38. The van der Waals surface area contributed by atoms with Gasteiger partial charge in [0.25, 0.3) is 11.8 Å². The van der Waals surface area contributed by atoms with Gasteiger partial charge >= 0.3 is 6.03 Å². The van der Waals surface area contributed by atoms with Gasteiger partial charge in [0.1, 0.15) is 12.1 Å². The third kappa shape index (κ3) is 3.84. The third-order valence-corrected chi connectivity index (χ3v) is 7.10. The van der Waals surface area contributed by atoms with Gasteiger partial charge in [-0.15, -0.1) is 11.3 Å². The number of carbonyl (C=O) groups excluding carboxylic acids is 3. The molecular weight excluding hydrogens is 444 g/mol. The van der Waals surface area contributed by atoms with Crippen LogP contribution in [-0.4, -0.2) is 71.7 Å². The van der Waals surface area contributed by atoms with Gasteiger partial charge < -0.3 is 14.4 Å². The van der Waals surface area contributed by atoms with Crippen molar-refractivity contribution in [3.8, 4) is 11.5 Å². The molecule has 1 fully saturated rings. The Hall–Kier alpha value is -3.40. The minimum atomic E-state index is -1.00. The molecule has 0 unspecified atom stereocenters. The largest absolute Gasteiger partial charge is 0.493 e. The van der Waals surface area contributed by atoms with Gasteiger partial charge in [-0.25, -0.2) is 9.80 Å². The summed E-state index contributed by atoms with van der Waals surface area (Å²) in [6.07, 6.45) is 0.495. The van der Waals surface area contributed by atoms with Gasteiger partial charge in [0.05, 0.1) is 30.9 Å². The maximum Gasteiger partial charge on any atom is 0.327 e. The number of carbonyl (C=O) groups is 3. The molecule has 0 spiro atoms. The fourth-order valence-electron chi connectivity index (χ4n) is 3.98. The lowest BCUT2D eigenvalue weighted by Crippen LogP contribution is -2.43. The van der Waals surface area contributed by atoms with Crippen LogP contribution in [0.1, 0.15) is 36.8 Å². The molecule has 2 aliphatic heterocycles. The first kappa shape index (κ1) is 22.8. The summed E-state index contributed by atoms with van der Waals surface area (Å²) in [6.45, 7) is 2.94. The van der Waals surface area contributed by atoms with E-state index in [1.807, 2.05) is 29.6 Å². The fraction of sp³-hybridized carbons (Fsp3) is 0.391. The molecule has 4 amide bonds. The maximum atomic E-state index is 13.4. The molecule has 2 aliphatic rings. The highest BCUT2D eigenvalue weighted by molar-refractivity contribution is 7.12. The highest BCUT2D eigenvalue weighted by atomic mass is 32.1. The summed E-state index contributed by atoms with van der Waals surface area (Å²) >= 11 is 1.54. The lowest BCUT2D eigenvalue weighted by molar-refractivity contribution is -0.140. The number of imide groups is 1. The number of rotatable bonds is 6. The first-order valence-electron chi connectivity index (χ1n) is 10.4. The molecule has 3 heterocycles. The molecule has 1 aromatic heterocycles. The summed E-state index contributed by atoms with van der Waals surface area (Å²) in [5.74, 6) is 0.275. The van der Waals surface area contributed by atoms with Crippen LogP contribution in [0.15, 0.2) is 40.8 Å². The Balaban J connectivity index is 1.66. The molecule has 1 atom stereocenters. The van der Waals surface area contributed by atoms with Crippen LogP contribution < -0.4 is 9.47 Å². The summed E-state index contributed by atoms with van der Waals surface area (Å²) in [6, 6.07) is 8.44. The zero-order valence-electron chi connectivity index (χ0n) is 19.2. The molecule has 4 rings (SSSR count). The quantitative estimate of drug-likeness (QED) is 0.605. The van der Waals surface area contributed by atoms with E-state index >= 15 is 0 Å². The summed E-state index contributed by atoms with van der Waals surface area (Å²) < 4.78 is 10.8. The van der Waals surface area contributed by atoms with E-state index in [4.69, 9.17) is 9.47 Å². The van der Waals surface area contributed by atoms with E-state index in [1.165, 1.54) is 21.2 Å². The van der Waals surface area contributed by atoms with Crippen LogP contribution >= 0.6 is 11.3 Å². The number of methoxy groups -OCH3 is 2. The molecule has 33 heavy (non-hydrogen) atoms. The van der Waals surface area contributed by atoms with E-state index in [9.17, 15) is 14.4 Å². The number of ether oxygens (including phenoxy) is 2. The van der Waals surface area contributed by atoms with Crippen LogP contribution in [0, 0.1) is 0 Å². The molecule has 1 aromatic carbocycles. The van der Waals surface area contributed by atoms with Crippen molar-refractivity contribution in [1.29, 1.82) is 0 Å². The number of hydrogen-bond acceptors (Lipinski definition) is 7. The summed E-state index contributed by atoms with van der Waals surface area (Å²) in [7, 11) is 4.67. The van der Waals surface area contributed by atoms with E-state index in [0.717, 1.165) is 21.1 Å². The van der Waals surface area contributed by atoms with Crippen LogP contribution in [0.2, 0.25) is 0 Å². The first-order valence-corrected chi connectivity index (χ1v) is 11.3. The lowest BCUT2D eigenvalue weighted by atomic mass is 10.0. The smallest absolute Gasteiger partial charge is 0.327 e. The second-order valence-corrected chi connectivity index (χ2v) is 9.34. The van der Waals surface area contributed by atoms with Gasteiger partial charge in [-0.1, -0.05) is 12.1 Å². The predicted octanol–water partition coefficient (Wildman–Crippen LogP) is 3.12. The Morgan fingerprint density at radius 3 is 2.48 bits per heavy atom. The Morgan fingerprint density at radius 2 is 1.91 bits per heavy atom. The van der Waals surface area contributed by atoms with Crippen LogP contribution in [0.4, 0.5) is 4.79 Å². The zero-order chi connectivity index (χ0) is 23.9. The number of nitrogens with zero attached hydrogens (tertiary/aromatic N) is 4. The average molecular weight is 471 g/mol. The molecule has 0 radical (unpaired) electrons. The van der Waals surface area contributed by atoms with Gasteiger partial charge in [0.2, 0.25) is 0 Å². The molecule has 1 saturated heterocycles. The topological polar surface area (TPSA) is 91.8 Å². The van der Waals surface area contributed by atoms with Crippen LogP contribution in [0.3, 0.4) is 0 Å². The van der Waals surface area contributed by atoms with Crippen molar-refractivity contribution in [2.75, 3.05) is 27.8 Å². The summed E-state index contributed by atoms with van der Waals surface area (Å²) in [4.78, 5) is 42.1. The van der Waals surface area contributed by atoms with Gasteiger partial charge in [-0.05, 0) is 43.0 Å². The highest BCUT2D eigenvalue weighted by Gasteiger charge is 2.50. The van der Waals surface area contributed by atoms with Crippen molar-refractivity contribution < 1.29 is 23.9 Å². The number of hydrazone groups is 1. The first-order chi connectivity index (χ1) is 15.7. The molecule has 0 aliphatic carbocycles. The van der Waals surface area contributed by atoms with Crippen molar-refractivity contribution >= 4 is 34.9 Å². The van der Waals surface area contributed by atoms with Crippen molar-refractivity contribution in [2.24, 2.45) is 5.10 Å². The number of benzene rings is 1. The number of thiophene rings is 1.